The molecule has 0 bridgehead atoms. The summed E-state index contributed by atoms with van der Waals surface area (Å²) in [5.41, 5.74) is 6.18. The summed E-state index contributed by atoms with van der Waals surface area (Å²) in [5.74, 6) is -0.968. The molecule has 2 aromatic carbocycles. The quantitative estimate of drug-likeness (QED) is 0.587. The van der Waals surface area contributed by atoms with Gasteiger partial charge in [0.05, 0.1) is 15.6 Å². The van der Waals surface area contributed by atoms with Crippen molar-refractivity contribution in [3.63, 3.8) is 0 Å². The molecule has 1 fully saturated rings. The number of ether oxygens (including phenoxy) is 1. The first-order valence-corrected chi connectivity index (χ1v) is 9.19. The number of nitrogens with zero attached hydrogens (tertiary/aromatic N) is 1. The number of rotatable bonds is 5. The van der Waals surface area contributed by atoms with Crippen molar-refractivity contribution in [3.8, 4) is 5.75 Å². The van der Waals surface area contributed by atoms with Gasteiger partial charge in [-0.05, 0) is 42.0 Å². The van der Waals surface area contributed by atoms with Gasteiger partial charge in [0.15, 0.2) is 10.9 Å². The molecular weight excluding hydrogens is 411 g/mol. The molecule has 0 aliphatic carbocycles. The Morgan fingerprint density at radius 3 is 2.63 bits per heavy atom. The van der Waals surface area contributed by atoms with E-state index in [2.05, 4.69) is 0 Å². The molecule has 27 heavy (non-hydrogen) atoms. The molecular formula is C18H12ClFN2O3S2. The lowest BCUT2D eigenvalue weighted by Crippen LogP contribution is -2.27. The van der Waals surface area contributed by atoms with Gasteiger partial charge in [-0.2, -0.15) is 0 Å². The molecule has 0 radical (unpaired) electrons. The van der Waals surface area contributed by atoms with Gasteiger partial charge in [0.2, 0.25) is 0 Å². The van der Waals surface area contributed by atoms with Crippen LogP contribution in [0.4, 0.5) is 10.1 Å². The number of hydrogen-bond acceptors (Lipinski definition) is 5. The maximum absolute atomic E-state index is 13.4. The van der Waals surface area contributed by atoms with Crippen molar-refractivity contribution in [1.82, 2.24) is 0 Å². The summed E-state index contributed by atoms with van der Waals surface area (Å²) in [5, 5.41) is -0.0860. The standard InChI is InChI=1S/C18H12ClFN2O3S2/c19-13-8-11(3-6-14(13)20)22-17(24)15(27-18(22)26)7-10-1-4-12(5-2-10)25-9-16(21)23/h1-8H,9H2,(H2,21,23)/b15-7-. The highest BCUT2D eigenvalue weighted by atomic mass is 35.5. The smallest absolute Gasteiger partial charge is 0.270 e. The van der Waals surface area contributed by atoms with Gasteiger partial charge in [-0.25, -0.2) is 4.39 Å². The largest absolute Gasteiger partial charge is 0.484 e. The van der Waals surface area contributed by atoms with Gasteiger partial charge >= 0.3 is 0 Å². The van der Waals surface area contributed by atoms with Gasteiger partial charge in [-0.15, -0.1) is 0 Å². The Balaban J connectivity index is 1.79. The Labute approximate surface area is 168 Å². The first kappa shape index (κ1) is 19.3. The second kappa shape index (κ2) is 8.08. The highest BCUT2D eigenvalue weighted by Gasteiger charge is 2.33. The summed E-state index contributed by atoms with van der Waals surface area (Å²) in [7, 11) is 0. The lowest BCUT2D eigenvalue weighted by atomic mass is 10.2. The van der Waals surface area contributed by atoms with E-state index in [0.29, 0.717) is 20.7 Å². The topological polar surface area (TPSA) is 72.6 Å². The van der Waals surface area contributed by atoms with Crippen LogP contribution in [0.1, 0.15) is 5.56 Å². The van der Waals surface area contributed by atoms with Crippen LogP contribution < -0.4 is 15.4 Å². The minimum Gasteiger partial charge on any atom is -0.484 e. The number of primary amides is 1. The van der Waals surface area contributed by atoms with E-state index in [4.69, 9.17) is 34.3 Å². The number of amides is 2. The van der Waals surface area contributed by atoms with Crippen molar-refractivity contribution in [2.45, 2.75) is 0 Å². The van der Waals surface area contributed by atoms with Crippen molar-refractivity contribution >= 4 is 63.5 Å². The fourth-order valence-electron chi connectivity index (χ4n) is 2.28. The molecule has 0 spiro atoms. The summed E-state index contributed by atoms with van der Waals surface area (Å²) in [6, 6.07) is 10.8. The Morgan fingerprint density at radius 2 is 2.00 bits per heavy atom. The minimum absolute atomic E-state index is 0.0860. The Morgan fingerprint density at radius 1 is 1.30 bits per heavy atom. The molecule has 2 aromatic rings. The van der Waals surface area contributed by atoms with Gasteiger partial charge in [0.25, 0.3) is 11.8 Å². The normalized spacial score (nSPS) is 15.5. The van der Waals surface area contributed by atoms with Gasteiger partial charge in [-0.1, -0.05) is 47.7 Å². The lowest BCUT2D eigenvalue weighted by Gasteiger charge is -2.14. The highest BCUT2D eigenvalue weighted by Crippen LogP contribution is 2.37. The van der Waals surface area contributed by atoms with Crippen molar-refractivity contribution in [2.75, 3.05) is 11.5 Å². The number of carbonyl (C=O) groups excluding carboxylic acids is 2. The minimum atomic E-state index is -0.569. The molecule has 1 saturated heterocycles. The molecule has 5 nitrogen and oxygen atoms in total. The van der Waals surface area contributed by atoms with Gasteiger partial charge < -0.3 is 10.5 Å². The second-order valence-electron chi connectivity index (χ2n) is 5.44. The Hall–Kier alpha value is -2.42. The zero-order chi connectivity index (χ0) is 19.6. The van der Waals surface area contributed by atoms with E-state index in [9.17, 15) is 14.0 Å². The fraction of sp³-hybridized carbons (Fsp3) is 0.0556. The molecule has 9 heteroatoms. The van der Waals surface area contributed by atoms with E-state index in [-0.39, 0.29) is 17.5 Å². The third kappa shape index (κ3) is 4.47. The predicted octanol–water partition coefficient (Wildman–Crippen LogP) is 3.75. The molecule has 138 valence electrons. The van der Waals surface area contributed by atoms with Gasteiger partial charge in [0, 0.05) is 0 Å². The van der Waals surface area contributed by atoms with Crippen LogP contribution >= 0.6 is 35.6 Å². The predicted molar refractivity (Wildman–Crippen MR) is 108 cm³/mol. The van der Waals surface area contributed by atoms with Crippen LogP contribution in [0.25, 0.3) is 6.08 Å². The average molecular weight is 423 g/mol. The number of thiocarbonyl (C=S) groups is 1. The van der Waals surface area contributed by atoms with Crippen LogP contribution in [-0.2, 0) is 9.59 Å². The van der Waals surface area contributed by atoms with Crippen LogP contribution in [0.5, 0.6) is 5.75 Å². The van der Waals surface area contributed by atoms with E-state index >= 15 is 0 Å². The van der Waals surface area contributed by atoms with Crippen LogP contribution in [-0.4, -0.2) is 22.7 Å². The molecule has 0 saturated carbocycles. The Kier molecular flexibility index (Phi) is 5.79. The number of anilines is 1. The lowest BCUT2D eigenvalue weighted by molar-refractivity contribution is -0.120. The maximum atomic E-state index is 13.4. The first-order chi connectivity index (χ1) is 12.8. The SMILES string of the molecule is NC(=O)COc1ccc(/C=C2\SC(=S)N(c3ccc(F)c(Cl)c3)C2=O)cc1. The fourth-order valence-corrected chi connectivity index (χ4v) is 3.75. The third-order valence-corrected chi connectivity index (χ3v) is 5.11. The Bertz CT molecular complexity index is 964. The van der Waals surface area contributed by atoms with E-state index in [0.717, 1.165) is 17.3 Å². The zero-order valence-electron chi connectivity index (χ0n) is 13.6. The molecule has 2 amide bonds. The maximum Gasteiger partial charge on any atom is 0.270 e. The van der Waals surface area contributed by atoms with E-state index < -0.39 is 11.7 Å². The summed E-state index contributed by atoms with van der Waals surface area (Å²) < 4.78 is 18.9. The molecule has 3 rings (SSSR count). The highest BCUT2D eigenvalue weighted by molar-refractivity contribution is 8.27. The van der Waals surface area contributed by atoms with Crippen LogP contribution in [0.2, 0.25) is 5.02 Å². The molecule has 0 unspecified atom stereocenters. The summed E-state index contributed by atoms with van der Waals surface area (Å²) in [6.07, 6.45) is 1.68. The number of nitrogens with two attached hydrogens (primary N) is 1. The van der Waals surface area contributed by atoms with Gasteiger partial charge in [0.1, 0.15) is 11.6 Å². The molecule has 1 aliphatic rings. The summed E-state index contributed by atoms with van der Waals surface area (Å²) in [4.78, 5) is 25.2. The van der Waals surface area contributed by atoms with Crippen molar-refractivity contribution in [1.29, 1.82) is 0 Å². The van der Waals surface area contributed by atoms with Crippen molar-refractivity contribution < 1.29 is 18.7 Å². The number of benzene rings is 2. The van der Waals surface area contributed by atoms with Crippen LogP contribution in [0.3, 0.4) is 0 Å². The summed E-state index contributed by atoms with van der Waals surface area (Å²) in [6.45, 7) is -0.210. The van der Waals surface area contributed by atoms with E-state index in [1.54, 1.807) is 30.3 Å². The monoisotopic (exact) mass is 422 g/mol. The van der Waals surface area contributed by atoms with E-state index in [1.807, 2.05) is 0 Å². The van der Waals surface area contributed by atoms with Crippen molar-refractivity contribution in [2.24, 2.45) is 5.73 Å². The molecule has 0 aromatic heterocycles. The molecule has 1 aliphatic heterocycles. The molecule has 2 N–H and O–H groups in total. The number of halogens is 2. The zero-order valence-corrected chi connectivity index (χ0v) is 16.0. The van der Waals surface area contributed by atoms with Crippen molar-refractivity contribution in [3.05, 3.63) is 63.8 Å². The number of hydrogen-bond donors (Lipinski definition) is 1. The molecule has 0 atom stereocenters. The number of thioether (sulfide) groups is 1. The summed E-state index contributed by atoms with van der Waals surface area (Å²) >= 11 is 12.2. The number of carbonyl (C=O) groups is 2. The average Bonchev–Trinajstić information content (AvgIpc) is 2.90. The third-order valence-electron chi connectivity index (χ3n) is 3.51. The van der Waals surface area contributed by atoms with Crippen LogP contribution in [0, 0.1) is 5.82 Å². The second-order valence-corrected chi connectivity index (χ2v) is 7.52. The van der Waals surface area contributed by atoms with Gasteiger partial charge in [-0.3, -0.25) is 14.5 Å². The van der Waals surface area contributed by atoms with E-state index in [1.165, 1.54) is 23.1 Å². The first-order valence-electron chi connectivity index (χ1n) is 7.59. The van der Waals surface area contributed by atoms with Crippen LogP contribution in [0.15, 0.2) is 47.4 Å². The molecule has 1 heterocycles.